The van der Waals surface area contributed by atoms with Crippen molar-refractivity contribution in [2.45, 2.75) is 32.1 Å². The molecule has 0 aliphatic heterocycles. The van der Waals surface area contributed by atoms with Crippen LogP contribution >= 0.6 is 11.8 Å². The Morgan fingerprint density at radius 3 is 2.54 bits per heavy atom. The Morgan fingerprint density at radius 1 is 1.06 bits per heavy atom. The second kappa shape index (κ2) is 11.1. The fraction of sp³-hybridized carbons (Fsp3) is 0.231. The molecule has 2 amide bonds. The highest BCUT2D eigenvalue weighted by Crippen LogP contribution is 2.22. The Bertz CT molecular complexity index is 1300. The summed E-state index contributed by atoms with van der Waals surface area (Å²) in [5, 5.41) is 11.5. The van der Waals surface area contributed by atoms with Crippen LogP contribution in [-0.4, -0.2) is 44.3 Å². The Hall–Kier alpha value is -3.85. The van der Waals surface area contributed by atoms with Crippen LogP contribution in [0, 0.1) is 13.8 Å². The van der Waals surface area contributed by atoms with Crippen LogP contribution in [-0.2, 0) is 17.9 Å². The first kappa shape index (κ1) is 24.3. The van der Waals surface area contributed by atoms with Gasteiger partial charge in [-0.3, -0.25) is 14.2 Å². The molecule has 0 radical (unpaired) electrons. The van der Waals surface area contributed by atoms with Crippen molar-refractivity contribution >= 4 is 23.6 Å². The van der Waals surface area contributed by atoms with E-state index in [0.717, 1.165) is 11.3 Å². The van der Waals surface area contributed by atoms with Gasteiger partial charge in [-0.2, -0.15) is 0 Å². The molecular formula is C26H27N5O3S. The van der Waals surface area contributed by atoms with Gasteiger partial charge in [-0.25, -0.2) is 0 Å². The monoisotopic (exact) mass is 489 g/mol. The van der Waals surface area contributed by atoms with E-state index in [-0.39, 0.29) is 17.6 Å². The molecule has 2 aromatic heterocycles. The molecule has 2 heterocycles. The van der Waals surface area contributed by atoms with Crippen LogP contribution in [0.3, 0.4) is 0 Å². The summed E-state index contributed by atoms with van der Waals surface area (Å²) in [6, 6.07) is 17.0. The summed E-state index contributed by atoms with van der Waals surface area (Å²) < 4.78 is 7.37. The normalized spacial score (nSPS) is 10.8. The number of hydrogen-bond donors (Lipinski definition) is 1. The average molecular weight is 490 g/mol. The maximum Gasteiger partial charge on any atom is 0.251 e. The van der Waals surface area contributed by atoms with Crippen molar-refractivity contribution < 1.29 is 14.0 Å². The minimum Gasteiger partial charge on any atom is -0.467 e. The van der Waals surface area contributed by atoms with Gasteiger partial charge in [0.25, 0.3) is 5.91 Å². The molecule has 0 aliphatic carbocycles. The number of thioether (sulfide) groups is 1. The standard InChI is InChI=1S/C26H27N5O3S/c1-18-6-11-22(13-19(18)2)31-17-28-29-26(31)35-16-24(32)30(15-23-5-4-12-34-23)14-20-7-9-21(10-8-20)25(33)27-3/h4-13,17H,14-16H2,1-3H3,(H,27,33). The number of rotatable bonds is 9. The molecule has 0 saturated heterocycles. The molecule has 0 aliphatic rings. The van der Waals surface area contributed by atoms with Crippen LogP contribution < -0.4 is 5.32 Å². The number of nitrogens with zero attached hydrogens (tertiary/aromatic N) is 4. The van der Waals surface area contributed by atoms with E-state index in [2.05, 4.69) is 41.5 Å². The Morgan fingerprint density at radius 2 is 1.86 bits per heavy atom. The molecule has 0 bridgehead atoms. The van der Waals surface area contributed by atoms with E-state index in [0.29, 0.717) is 29.6 Å². The van der Waals surface area contributed by atoms with Gasteiger partial charge >= 0.3 is 0 Å². The molecule has 4 aromatic rings. The third kappa shape index (κ3) is 5.99. The molecule has 8 nitrogen and oxygen atoms in total. The second-order valence-electron chi connectivity index (χ2n) is 8.15. The first-order chi connectivity index (χ1) is 16.9. The second-order valence-corrected chi connectivity index (χ2v) is 9.09. The topological polar surface area (TPSA) is 93.3 Å². The molecule has 9 heteroatoms. The van der Waals surface area contributed by atoms with Gasteiger partial charge in [0.2, 0.25) is 5.91 Å². The van der Waals surface area contributed by atoms with Crippen molar-refractivity contribution in [2.24, 2.45) is 0 Å². The van der Waals surface area contributed by atoms with Gasteiger partial charge in [-0.15, -0.1) is 10.2 Å². The maximum atomic E-state index is 13.3. The number of carbonyl (C=O) groups excluding carboxylic acids is 2. The molecule has 2 aromatic carbocycles. The molecule has 4 rings (SSSR count). The van der Waals surface area contributed by atoms with E-state index in [1.165, 1.54) is 22.9 Å². The van der Waals surface area contributed by atoms with Crippen LogP contribution in [0.1, 0.15) is 32.8 Å². The lowest BCUT2D eigenvalue weighted by Crippen LogP contribution is -2.31. The van der Waals surface area contributed by atoms with E-state index in [9.17, 15) is 9.59 Å². The van der Waals surface area contributed by atoms with E-state index in [1.54, 1.807) is 42.7 Å². The molecule has 0 spiro atoms. The van der Waals surface area contributed by atoms with Crippen molar-refractivity contribution in [3.8, 4) is 5.69 Å². The van der Waals surface area contributed by atoms with Gasteiger partial charge in [0.15, 0.2) is 5.16 Å². The fourth-order valence-electron chi connectivity index (χ4n) is 3.54. The zero-order chi connectivity index (χ0) is 24.8. The number of furan rings is 1. The van der Waals surface area contributed by atoms with Gasteiger partial charge in [-0.05, 0) is 66.9 Å². The summed E-state index contributed by atoms with van der Waals surface area (Å²) >= 11 is 1.34. The third-order valence-corrected chi connectivity index (χ3v) is 6.63. The number of carbonyl (C=O) groups is 2. The number of benzene rings is 2. The van der Waals surface area contributed by atoms with E-state index < -0.39 is 0 Å². The lowest BCUT2D eigenvalue weighted by atomic mass is 10.1. The summed E-state index contributed by atoms with van der Waals surface area (Å²) in [4.78, 5) is 26.8. The average Bonchev–Trinajstić information content (AvgIpc) is 3.56. The van der Waals surface area contributed by atoms with Crippen molar-refractivity contribution in [3.05, 3.63) is 95.2 Å². The zero-order valence-corrected chi connectivity index (χ0v) is 20.7. The van der Waals surface area contributed by atoms with Gasteiger partial charge in [0.1, 0.15) is 12.1 Å². The molecule has 35 heavy (non-hydrogen) atoms. The van der Waals surface area contributed by atoms with Crippen molar-refractivity contribution in [3.63, 3.8) is 0 Å². The highest BCUT2D eigenvalue weighted by atomic mass is 32.2. The molecule has 180 valence electrons. The van der Waals surface area contributed by atoms with Crippen molar-refractivity contribution in [1.29, 1.82) is 0 Å². The van der Waals surface area contributed by atoms with Gasteiger partial charge in [-0.1, -0.05) is 30.0 Å². The molecule has 0 fully saturated rings. The molecule has 0 saturated carbocycles. The first-order valence-corrected chi connectivity index (χ1v) is 12.1. The number of aryl methyl sites for hydroxylation is 2. The quantitative estimate of drug-likeness (QED) is 0.355. The van der Waals surface area contributed by atoms with Gasteiger partial charge in [0.05, 0.1) is 18.6 Å². The zero-order valence-electron chi connectivity index (χ0n) is 19.9. The predicted molar refractivity (Wildman–Crippen MR) is 134 cm³/mol. The molecule has 1 N–H and O–H groups in total. The number of nitrogens with one attached hydrogen (secondary N) is 1. The van der Waals surface area contributed by atoms with Gasteiger partial charge < -0.3 is 14.6 Å². The molecule has 0 unspecified atom stereocenters. The predicted octanol–water partition coefficient (Wildman–Crippen LogP) is 4.16. The smallest absolute Gasteiger partial charge is 0.251 e. The van der Waals surface area contributed by atoms with Crippen molar-refractivity contribution in [1.82, 2.24) is 25.0 Å². The molecule has 0 atom stereocenters. The SMILES string of the molecule is CNC(=O)c1ccc(CN(Cc2ccco2)C(=O)CSc2nncn2-c2ccc(C)c(C)c2)cc1. The summed E-state index contributed by atoms with van der Waals surface area (Å²) in [6.45, 7) is 4.86. The minimum absolute atomic E-state index is 0.0589. The summed E-state index contributed by atoms with van der Waals surface area (Å²) in [6.07, 6.45) is 3.25. The fourth-order valence-corrected chi connectivity index (χ4v) is 4.37. The van der Waals surface area contributed by atoms with Crippen LogP contribution in [0.2, 0.25) is 0 Å². The first-order valence-electron chi connectivity index (χ1n) is 11.2. The van der Waals surface area contributed by atoms with Crippen LogP contribution in [0.15, 0.2) is 76.8 Å². The largest absolute Gasteiger partial charge is 0.467 e. The summed E-state index contributed by atoms with van der Waals surface area (Å²) in [7, 11) is 1.60. The van der Waals surface area contributed by atoms with E-state index in [1.807, 2.05) is 28.8 Å². The van der Waals surface area contributed by atoms with Crippen molar-refractivity contribution in [2.75, 3.05) is 12.8 Å². The Labute approximate surface area is 208 Å². The number of amides is 2. The van der Waals surface area contributed by atoms with Gasteiger partial charge in [0, 0.05) is 24.8 Å². The lowest BCUT2D eigenvalue weighted by molar-refractivity contribution is -0.129. The summed E-state index contributed by atoms with van der Waals surface area (Å²) in [5.74, 6) is 0.685. The molecular weight excluding hydrogens is 462 g/mol. The maximum absolute atomic E-state index is 13.3. The Kier molecular flexibility index (Phi) is 7.67. The van der Waals surface area contributed by atoms with Crippen LogP contribution in [0.5, 0.6) is 0 Å². The number of aromatic nitrogens is 3. The third-order valence-electron chi connectivity index (χ3n) is 5.71. The highest BCUT2D eigenvalue weighted by Gasteiger charge is 2.18. The van der Waals surface area contributed by atoms with Crippen LogP contribution in [0.25, 0.3) is 5.69 Å². The van der Waals surface area contributed by atoms with E-state index >= 15 is 0 Å². The number of hydrogen-bond acceptors (Lipinski definition) is 6. The highest BCUT2D eigenvalue weighted by molar-refractivity contribution is 7.99. The minimum atomic E-state index is -0.149. The van der Waals surface area contributed by atoms with E-state index in [4.69, 9.17) is 4.42 Å². The lowest BCUT2D eigenvalue weighted by Gasteiger charge is -2.22. The van der Waals surface area contributed by atoms with Crippen LogP contribution in [0.4, 0.5) is 0 Å². The Balaban J connectivity index is 1.48. The summed E-state index contributed by atoms with van der Waals surface area (Å²) in [5.41, 5.74) is 4.83.